The van der Waals surface area contributed by atoms with E-state index >= 15 is 0 Å². The van der Waals surface area contributed by atoms with Crippen molar-refractivity contribution in [1.82, 2.24) is 4.90 Å². The fraction of sp³-hybridized carbons (Fsp3) is 0.385. The van der Waals surface area contributed by atoms with Gasteiger partial charge in [0, 0.05) is 18.7 Å². The lowest BCUT2D eigenvalue weighted by atomic mass is 10.1. The Morgan fingerprint density at radius 3 is 2.53 bits per heavy atom. The van der Waals surface area contributed by atoms with Gasteiger partial charge in [-0.2, -0.15) is 0 Å². The lowest BCUT2D eigenvalue weighted by molar-refractivity contribution is -0.131. The highest BCUT2D eigenvalue weighted by molar-refractivity contribution is 6.39. The van der Waals surface area contributed by atoms with Crippen LogP contribution in [0.3, 0.4) is 0 Å². The molecule has 1 saturated heterocycles. The first-order valence-corrected chi connectivity index (χ1v) is 5.82. The Kier molecular flexibility index (Phi) is 3.71. The smallest absolute Gasteiger partial charge is 0.377 e. The van der Waals surface area contributed by atoms with Crippen molar-refractivity contribution in [3.63, 3.8) is 0 Å². The predicted molar refractivity (Wildman–Crippen MR) is 66.9 cm³/mol. The van der Waals surface area contributed by atoms with Gasteiger partial charge < -0.3 is 14.6 Å². The van der Waals surface area contributed by atoms with E-state index in [2.05, 4.69) is 4.90 Å². The van der Waals surface area contributed by atoms with Crippen LogP contribution in [0.25, 0.3) is 0 Å². The number of nitrogens with zero attached hydrogens (tertiary/aromatic N) is 1. The first-order valence-electron chi connectivity index (χ1n) is 5.82. The number of rotatable bonds is 5. The molecule has 19 heavy (non-hydrogen) atoms. The van der Waals surface area contributed by atoms with E-state index in [0.29, 0.717) is 11.5 Å². The number of carboxylic acid groups (broad SMARTS) is 1. The molecular formula is C13H15NO5. The van der Waals surface area contributed by atoms with E-state index in [1.165, 1.54) is 25.3 Å². The van der Waals surface area contributed by atoms with Crippen LogP contribution >= 0.6 is 0 Å². The van der Waals surface area contributed by atoms with E-state index in [0.717, 1.165) is 13.1 Å². The van der Waals surface area contributed by atoms with Gasteiger partial charge in [0.05, 0.1) is 7.11 Å². The fourth-order valence-electron chi connectivity index (χ4n) is 1.93. The van der Waals surface area contributed by atoms with Crippen LogP contribution in [-0.4, -0.2) is 55.1 Å². The number of likely N-dealkylation sites (tertiary alicyclic amines) is 1. The van der Waals surface area contributed by atoms with Crippen molar-refractivity contribution in [2.75, 3.05) is 27.2 Å². The number of carbonyl (C=O) groups excluding carboxylic acids is 1. The van der Waals surface area contributed by atoms with Gasteiger partial charge in [0.25, 0.3) is 5.78 Å². The zero-order chi connectivity index (χ0) is 14.0. The molecule has 0 saturated carbocycles. The van der Waals surface area contributed by atoms with Crippen molar-refractivity contribution in [2.45, 2.75) is 6.10 Å². The molecule has 1 aromatic carbocycles. The number of carboxylic acids is 1. The summed E-state index contributed by atoms with van der Waals surface area (Å²) >= 11 is 0. The Labute approximate surface area is 110 Å². The molecule has 6 nitrogen and oxygen atoms in total. The predicted octanol–water partition coefficient (Wildman–Crippen LogP) is 0.655. The van der Waals surface area contributed by atoms with E-state index in [4.69, 9.17) is 14.6 Å². The van der Waals surface area contributed by atoms with Crippen LogP contribution < -0.4 is 9.47 Å². The van der Waals surface area contributed by atoms with Crippen LogP contribution in [0.5, 0.6) is 11.5 Å². The third kappa shape index (κ3) is 2.85. The Morgan fingerprint density at radius 1 is 1.32 bits per heavy atom. The van der Waals surface area contributed by atoms with E-state index in [-0.39, 0.29) is 11.7 Å². The van der Waals surface area contributed by atoms with Crippen LogP contribution in [-0.2, 0) is 4.79 Å². The van der Waals surface area contributed by atoms with Crippen molar-refractivity contribution in [1.29, 1.82) is 0 Å². The van der Waals surface area contributed by atoms with E-state index in [1.807, 2.05) is 7.05 Å². The van der Waals surface area contributed by atoms with E-state index in [9.17, 15) is 9.59 Å². The SMILES string of the molecule is COc1ccc(C(=O)C(=O)O)cc1OC1CN(C)C1. The summed E-state index contributed by atoms with van der Waals surface area (Å²) in [5.41, 5.74) is 0.0796. The molecule has 0 radical (unpaired) electrons. The summed E-state index contributed by atoms with van der Waals surface area (Å²) in [7, 11) is 3.47. The molecule has 0 bridgehead atoms. The third-order valence-corrected chi connectivity index (χ3v) is 2.94. The molecule has 1 aliphatic rings. The number of ketones is 1. The van der Waals surface area contributed by atoms with Gasteiger partial charge >= 0.3 is 5.97 Å². The molecule has 1 aliphatic heterocycles. The van der Waals surface area contributed by atoms with Crippen molar-refractivity contribution in [3.05, 3.63) is 23.8 Å². The van der Waals surface area contributed by atoms with Gasteiger partial charge in [-0.3, -0.25) is 9.69 Å². The van der Waals surface area contributed by atoms with Gasteiger partial charge in [0.15, 0.2) is 11.5 Å². The molecule has 2 rings (SSSR count). The lowest BCUT2D eigenvalue weighted by Gasteiger charge is -2.36. The summed E-state index contributed by atoms with van der Waals surface area (Å²) in [6.07, 6.45) is 0.0362. The number of aliphatic carboxylic acids is 1. The number of hydrogen-bond donors (Lipinski definition) is 1. The van der Waals surface area contributed by atoms with Crippen LogP contribution in [0.4, 0.5) is 0 Å². The first kappa shape index (κ1) is 13.4. The summed E-state index contributed by atoms with van der Waals surface area (Å²) in [6.45, 7) is 1.58. The largest absolute Gasteiger partial charge is 0.493 e. The number of carbonyl (C=O) groups is 2. The zero-order valence-electron chi connectivity index (χ0n) is 10.8. The van der Waals surface area contributed by atoms with Gasteiger partial charge in [-0.1, -0.05) is 0 Å². The monoisotopic (exact) mass is 265 g/mol. The average molecular weight is 265 g/mol. The zero-order valence-corrected chi connectivity index (χ0v) is 10.8. The maximum Gasteiger partial charge on any atom is 0.377 e. The molecule has 0 aliphatic carbocycles. The number of ether oxygens (including phenoxy) is 2. The minimum Gasteiger partial charge on any atom is -0.493 e. The molecule has 1 aromatic rings. The quantitative estimate of drug-likeness (QED) is 0.622. The van der Waals surface area contributed by atoms with Crippen LogP contribution in [0.1, 0.15) is 10.4 Å². The summed E-state index contributed by atoms with van der Waals surface area (Å²) in [4.78, 5) is 24.2. The van der Waals surface area contributed by atoms with Gasteiger partial charge in [0.1, 0.15) is 6.10 Å². The molecule has 1 heterocycles. The Morgan fingerprint density at radius 2 is 2.00 bits per heavy atom. The second-order valence-corrected chi connectivity index (χ2v) is 4.46. The molecule has 0 unspecified atom stereocenters. The van der Waals surface area contributed by atoms with Crippen molar-refractivity contribution < 1.29 is 24.2 Å². The second-order valence-electron chi connectivity index (χ2n) is 4.46. The van der Waals surface area contributed by atoms with Crippen LogP contribution in [0.15, 0.2) is 18.2 Å². The standard InChI is InChI=1S/C13H15NO5/c1-14-6-9(7-14)19-11-5-8(12(15)13(16)17)3-4-10(11)18-2/h3-5,9H,6-7H2,1-2H3,(H,16,17). The fourth-order valence-corrected chi connectivity index (χ4v) is 1.93. The molecule has 0 amide bonds. The van der Waals surface area contributed by atoms with Crippen molar-refractivity contribution >= 4 is 11.8 Å². The van der Waals surface area contributed by atoms with Crippen LogP contribution in [0.2, 0.25) is 0 Å². The van der Waals surface area contributed by atoms with Gasteiger partial charge in [-0.15, -0.1) is 0 Å². The number of Topliss-reactive ketones (excluding diaryl/α,β-unsaturated/α-hetero) is 1. The second kappa shape index (κ2) is 5.27. The average Bonchev–Trinajstić information content (AvgIpc) is 2.35. The molecule has 0 atom stereocenters. The first-order chi connectivity index (χ1) is 9.01. The number of hydrogen-bond acceptors (Lipinski definition) is 5. The normalized spacial score (nSPS) is 15.7. The Hall–Kier alpha value is -2.08. The molecule has 0 spiro atoms. The number of likely N-dealkylation sites (N-methyl/N-ethyl adjacent to an activating group) is 1. The molecule has 102 valence electrons. The number of methoxy groups -OCH3 is 1. The molecule has 1 N–H and O–H groups in total. The maximum atomic E-state index is 11.4. The summed E-state index contributed by atoms with van der Waals surface area (Å²) in [5.74, 6) is -1.57. The minimum atomic E-state index is -1.49. The molecule has 0 aromatic heterocycles. The molecule has 1 fully saturated rings. The Balaban J connectivity index is 2.21. The molecule has 6 heteroatoms. The van der Waals surface area contributed by atoms with Crippen molar-refractivity contribution in [3.8, 4) is 11.5 Å². The van der Waals surface area contributed by atoms with E-state index < -0.39 is 11.8 Å². The van der Waals surface area contributed by atoms with Crippen molar-refractivity contribution in [2.24, 2.45) is 0 Å². The number of benzene rings is 1. The van der Waals surface area contributed by atoms with E-state index in [1.54, 1.807) is 0 Å². The summed E-state index contributed by atoms with van der Waals surface area (Å²) in [5, 5.41) is 8.70. The van der Waals surface area contributed by atoms with Crippen LogP contribution in [0, 0.1) is 0 Å². The summed E-state index contributed by atoms with van der Waals surface area (Å²) < 4.78 is 10.8. The lowest BCUT2D eigenvalue weighted by Crippen LogP contribution is -2.51. The highest BCUT2D eigenvalue weighted by Crippen LogP contribution is 2.30. The Bertz CT molecular complexity index is 508. The highest BCUT2D eigenvalue weighted by Gasteiger charge is 2.26. The van der Waals surface area contributed by atoms with Gasteiger partial charge in [0.2, 0.25) is 0 Å². The molecular weight excluding hydrogens is 250 g/mol. The summed E-state index contributed by atoms with van der Waals surface area (Å²) in [6, 6.07) is 4.36. The third-order valence-electron chi connectivity index (χ3n) is 2.94. The maximum absolute atomic E-state index is 11.4. The van der Waals surface area contributed by atoms with Gasteiger partial charge in [-0.25, -0.2) is 4.79 Å². The topological polar surface area (TPSA) is 76.1 Å². The minimum absolute atomic E-state index is 0.0362. The highest BCUT2D eigenvalue weighted by atomic mass is 16.5. The van der Waals surface area contributed by atoms with Gasteiger partial charge in [-0.05, 0) is 25.2 Å².